The van der Waals surface area contributed by atoms with Gasteiger partial charge in [-0.3, -0.25) is 9.69 Å². The minimum Gasteiger partial charge on any atom is -0.378 e. The SMILES string of the molecule is Cc1cc(N2CCOCC2)ccc1/C=C1\NC(=O)N(Cc2ccc(Cl)cc2Cl)C1=O. The Labute approximate surface area is 185 Å². The molecule has 1 N–H and O–H groups in total. The predicted molar refractivity (Wildman–Crippen MR) is 118 cm³/mol. The van der Waals surface area contributed by atoms with Gasteiger partial charge in [0, 0.05) is 28.8 Å². The molecule has 30 heavy (non-hydrogen) atoms. The molecule has 0 radical (unpaired) electrons. The summed E-state index contributed by atoms with van der Waals surface area (Å²) >= 11 is 12.1. The molecule has 156 valence electrons. The van der Waals surface area contributed by atoms with Crippen LogP contribution in [0.3, 0.4) is 0 Å². The molecule has 0 unspecified atom stereocenters. The van der Waals surface area contributed by atoms with Crippen LogP contribution in [0.25, 0.3) is 6.08 Å². The van der Waals surface area contributed by atoms with Crippen molar-refractivity contribution >= 4 is 46.9 Å². The first kappa shape index (κ1) is 20.7. The molecule has 3 amide bonds. The number of carbonyl (C=O) groups excluding carboxylic acids is 2. The van der Waals surface area contributed by atoms with Crippen LogP contribution < -0.4 is 10.2 Å². The average molecular weight is 446 g/mol. The maximum absolute atomic E-state index is 12.8. The number of urea groups is 1. The Kier molecular flexibility index (Phi) is 5.99. The van der Waals surface area contributed by atoms with Gasteiger partial charge in [0.15, 0.2) is 0 Å². The second kappa shape index (κ2) is 8.68. The van der Waals surface area contributed by atoms with Crippen molar-refractivity contribution in [1.82, 2.24) is 10.2 Å². The molecule has 2 heterocycles. The summed E-state index contributed by atoms with van der Waals surface area (Å²) in [7, 11) is 0. The highest BCUT2D eigenvalue weighted by Crippen LogP contribution is 2.26. The second-order valence-electron chi connectivity index (χ2n) is 7.26. The van der Waals surface area contributed by atoms with E-state index in [1.165, 1.54) is 0 Å². The number of imide groups is 1. The number of morpholine rings is 1. The van der Waals surface area contributed by atoms with E-state index < -0.39 is 6.03 Å². The fourth-order valence-electron chi connectivity index (χ4n) is 3.53. The molecule has 0 spiro atoms. The zero-order valence-corrected chi connectivity index (χ0v) is 18.0. The van der Waals surface area contributed by atoms with Crippen molar-refractivity contribution < 1.29 is 14.3 Å². The lowest BCUT2D eigenvalue weighted by Gasteiger charge is -2.29. The third-order valence-electron chi connectivity index (χ3n) is 5.24. The van der Waals surface area contributed by atoms with E-state index in [4.69, 9.17) is 27.9 Å². The van der Waals surface area contributed by atoms with Crippen LogP contribution in [0.2, 0.25) is 10.0 Å². The Hall–Kier alpha value is -2.54. The molecule has 2 aromatic carbocycles. The van der Waals surface area contributed by atoms with Gasteiger partial charge in [-0.05, 0) is 54.0 Å². The first-order valence-corrected chi connectivity index (χ1v) is 10.4. The van der Waals surface area contributed by atoms with Crippen molar-refractivity contribution in [2.45, 2.75) is 13.5 Å². The highest BCUT2D eigenvalue weighted by Gasteiger charge is 2.34. The van der Waals surface area contributed by atoms with Crippen molar-refractivity contribution in [3.63, 3.8) is 0 Å². The van der Waals surface area contributed by atoms with Crippen molar-refractivity contribution in [3.05, 3.63) is 68.8 Å². The lowest BCUT2D eigenvalue weighted by Crippen LogP contribution is -2.36. The van der Waals surface area contributed by atoms with Gasteiger partial charge in [0.05, 0.1) is 19.8 Å². The summed E-state index contributed by atoms with van der Waals surface area (Å²) in [6, 6.07) is 10.6. The molecule has 0 bridgehead atoms. The summed E-state index contributed by atoms with van der Waals surface area (Å²) < 4.78 is 5.40. The van der Waals surface area contributed by atoms with E-state index in [9.17, 15) is 9.59 Å². The van der Waals surface area contributed by atoms with Crippen LogP contribution in [-0.2, 0) is 16.1 Å². The van der Waals surface area contributed by atoms with E-state index in [2.05, 4.69) is 16.3 Å². The molecule has 0 aromatic heterocycles. The van der Waals surface area contributed by atoms with Crippen LogP contribution >= 0.6 is 23.2 Å². The first-order chi connectivity index (χ1) is 14.4. The summed E-state index contributed by atoms with van der Waals surface area (Å²) in [5.41, 5.74) is 3.91. The standard InChI is InChI=1S/C22H21Cl2N3O3/c1-14-10-18(26-6-8-30-9-7-26)5-3-15(14)11-20-21(28)27(22(29)25-20)13-16-2-4-17(23)12-19(16)24/h2-5,10-12H,6-9,13H2,1H3,(H,25,29)/b20-11-. The molecule has 4 rings (SSSR count). The lowest BCUT2D eigenvalue weighted by molar-refractivity contribution is -0.123. The second-order valence-corrected chi connectivity index (χ2v) is 8.10. The monoisotopic (exact) mass is 445 g/mol. The summed E-state index contributed by atoms with van der Waals surface area (Å²) in [6.45, 7) is 5.22. The minimum absolute atomic E-state index is 0.0763. The van der Waals surface area contributed by atoms with Crippen molar-refractivity contribution in [1.29, 1.82) is 0 Å². The number of carbonyl (C=O) groups is 2. The smallest absolute Gasteiger partial charge is 0.329 e. The highest BCUT2D eigenvalue weighted by molar-refractivity contribution is 6.35. The molecule has 2 fully saturated rings. The molecule has 8 heteroatoms. The van der Waals surface area contributed by atoms with Gasteiger partial charge in [0.1, 0.15) is 5.70 Å². The number of aryl methyl sites for hydroxylation is 1. The zero-order chi connectivity index (χ0) is 21.3. The van der Waals surface area contributed by atoms with Gasteiger partial charge in [-0.1, -0.05) is 35.3 Å². The van der Waals surface area contributed by atoms with Crippen molar-refractivity contribution in [2.75, 3.05) is 31.2 Å². The molecule has 6 nitrogen and oxygen atoms in total. The number of hydrogen-bond acceptors (Lipinski definition) is 4. The summed E-state index contributed by atoms with van der Waals surface area (Å²) in [6.07, 6.45) is 1.71. The Morgan fingerprint density at radius 3 is 2.57 bits per heavy atom. The largest absolute Gasteiger partial charge is 0.378 e. The van der Waals surface area contributed by atoms with E-state index in [0.717, 1.165) is 48.0 Å². The fraction of sp³-hybridized carbons (Fsp3) is 0.273. The average Bonchev–Trinajstić information content (AvgIpc) is 2.99. The van der Waals surface area contributed by atoms with Crippen LogP contribution in [0.1, 0.15) is 16.7 Å². The zero-order valence-electron chi connectivity index (χ0n) is 16.5. The number of nitrogens with one attached hydrogen (secondary N) is 1. The number of benzene rings is 2. The van der Waals surface area contributed by atoms with Crippen molar-refractivity contribution in [2.24, 2.45) is 0 Å². The number of halogens is 2. The van der Waals surface area contributed by atoms with Crippen LogP contribution in [-0.4, -0.2) is 43.1 Å². The highest BCUT2D eigenvalue weighted by atomic mass is 35.5. The van der Waals surface area contributed by atoms with E-state index in [-0.39, 0.29) is 18.1 Å². The summed E-state index contributed by atoms with van der Waals surface area (Å²) in [5, 5.41) is 3.57. The van der Waals surface area contributed by atoms with Gasteiger partial charge in [0.25, 0.3) is 5.91 Å². The minimum atomic E-state index is -0.472. The Bertz CT molecular complexity index is 1030. The van der Waals surface area contributed by atoms with Gasteiger partial charge in [-0.15, -0.1) is 0 Å². The van der Waals surface area contributed by atoms with E-state index >= 15 is 0 Å². The van der Waals surface area contributed by atoms with Gasteiger partial charge < -0.3 is 15.0 Å². The third kappa shape index (κ3) is 4.31. The number of ether oxygens (including phenoxy) is 1. The van der Waals surface area contributed by atoms with Crippen LogP contribution in [0.5, 0.6) is 0 Å². The quantitative estimate of drug-likeness (QED) is 0.564. The number of amides is 3. The Morgan fingerprint density at radius 1 is 1.10 bits per heavy atom. The van der Waals surface area contributed by atoms with Gasteiger partial charge in [0.2, 0.25) is 0 Å². The van der Waals surface area contributed by atoms with E-state index in [1.54, 1.807) is 24.3 Å². The van der Waals surface area contributed by atoms with Crippen molar-refractivity contribution in [3.8, 4) is 0 Å². The Morgan fingerprint density at radius 2 is 1.87 bits per heavy atom. The lowest BCUT2D eigenvalue weighted by atomic mass is 10.1. The molecule has 2 aromatic rings. The molecule has 0 atom stereocenters. The van der Waals surface area contributed by atoms with Crippen LogP contribution in [0, 0.1) is 6.92 Å². The molecule has 2 saturated heterocycles. The summed E-state index contributed by atoms with van der Waals surface area (Å²) in [4.78, 5) is 28.6. The number of nitrogens with zero attached hydrogens (tertiary/aromatic N) is 2. The molecular formula is C22H21Cl2N3O3. The Balaban J connectivity index is 1.53. The number of rotatable bonds is 4. The number of hydrogen-bond donors (Lipinski definition) is 1. The van der Waals surface area contributed by atoms with Gasteiger partial charge in [-0.2, -0.15) is 0 Å². The van der Waals surface area contributed by atoms with Crippen LogP contribution in [0.4, 0.5) is 10.5 Å². The maximum Gasteiger partial charge on any atom is 0.329 e. The number of anilines is 1. The van der Waals surface area contributed by atoms with E-state index in [0.29, 0.717) is 15.6 Å². The molecule has 0 saturated carbocycles. The maximum atomic E-state index is 12.8. The van der Waals surface area contributed by atoms with Gasteiger partial charge >= 0.3 is 6.03 Å². The van der Waals surface area contributed by atoms with Crippen LogP contribution in [0.15, 0.2) is 42.1 Å². The molecule has 0 aliphatic carbocycles. The first-order valence-electron chi connectivity index (χ1n) is 9.64. The molecule has 2 aliphatic heterocycles. The molecular weight excluding hydrogens is 425 g/mol. The third-order valence-corrected chi connectivity index (χ3v) is 5.82. The summed E-state index contributed by atoms with van der Waals surface area (Å²) in [5.74, 6) is -0.386. The topological polar surface area (TPSA) is 61.9 Å². The van der Waals surface area contributed by atoms with E-state index in [1.807, 2.05) is 19.1 Å². The predicted octanol–water partition coefficient (Wildman–Crippen LogP) is 4.23. The normalized spacial score (nSPS) is 18.3. The molecule has 2 aliphatic rings. The van der Waals surface area contributed by atoms with Gasteiger partial charge in [-0.25, -0.2) is 4.79 Å². The fourth-order valence-corrected chi connectivity index (χ4v) is 4.00.